The Morgan fingerprint density at radius 2 is 2.27 bits per heavy atom. The van der Waals surface area contributed by atoms with Crippen LogP contribution in [0.25, 0.3) is 0 Å². The summed E-state index contributed by atoms with van der Waals surface area (Å²) in [5.41, 5.74) is 7.09. The van der Waals surface area contributed by atoms with Crippen LogP contribution in [0.3, 0.4) is 0 Å². The van der Waals surface area contributed by atoms with Gasteiger partial charge in [-0.2, -0.15) is 0 Å². The summed E-state index contributed by atoms with van der Waals surface area (Å²) in [5, 5.41) is 0. The van der Waals surface area contributed by atoms with Crippen LogP contribution in [0.1, 0.15) is 18.9 Å². The van der Waals surface area contributed by atoms with Crippen molar-refractivity contribution in [3.05, 3.63) is 22.2 Å². The third-order valence-electron chi connectivity index (χ3n) is 2.51. The van der Waals surface area contributed by atoms with Crippen LogP contribution in [0, 0.1) is 0 Å². The molecule has 82 valence electrons. The Balaban J connectivity index is 2.23. The van der Waals surface area contributed by atoms with Gasteiger partial charge in [0.05, 0.1) is 4.47 Å². The maximum atomic E-state index is 5.91. The maximum absolute atomic E-state index is 5.91. The lowest BCUT2D eigenvalue weighted by molar-refractivity contribution is 0.173. The van der Waals surface area contributed by atoms with Crippen LogP contribution >= 0.6 is 15.9 Å². The molecule has 1 atom stereocenters. The van der Waals surface area contributed by atoms with Crippen LogP contribution in [0.5, 0.6) is 11.5 Å². The third kappa shape index (κ3) is 2.26. The van der Waals surface area contributed by atoms with E-state index in [1.165, 1.54) is 5.56 Å². The molecule has 0 spiro atoms. The minimum atomic E-state index is 0.206. The van der Waals surface area contributed by atoms with Gasteiger partial charge in [-0.05, 0) is 46.5 Å². The molecular formula is C11H14BrNO2. The fraction of sp³-hybridized carbons (Fsp3) is 0.455. The van der Waals surface area contributed by atoms with E-state index >= 15 is 0 Å². The minimum Gasteiger partial charge on any atom is -0.454 e. The number of hydrogen-bond donors (Lipinski definition) is 1. The molecule has 1 heterocycles. The molecule has 0 aliphatic carbocycles. The second kappa shape index (κ2) is 4.41. The van der Waals surface area contributed by atoms with Crippen LogP contribution in [-0.4, -0.2) is 12.8 Å². The highest BCUT2D eigenvalue weighted by atomic mass is 79.9. The number of fused-ring (bicyclic) bond motifs is 1. The van der Waals surface area contributed by atoms with Crippen molar-refractivity contribution >= 4 is 15.9 Å². The van der Waals surface area contributed by atoms with Crippen molar-refractivity contribution in [2.24, 2.45) is 5.73 Å². The van der Waals surface area contributed by atoms with Gasteiger partial charge in [0.15, 0.2) is 11.5 Å². The average molecular weight is 272 g/mol. The SMILES string of the molecule is CCC(N)Cc1cc(Br)c2c(c1)OCO2. The van der Waals surface area contributed by atoms with Gasteiger partial charge in [0.25, 0.3) is 0 Å². The summed E-state index contributed by atoms with van der Waals surface area (Å²) < 4.78 is 11.6. The molecule has 2 rings (SSSR count). The van der Waals surface area contributed by atoms with E-state index in [9.17, 15) is 0 Å². The van der Waals surface area contributed by atoms with Crippen molar-refractivity contribution < 1.29 is 9.47 Å². The maximum Gasteiger partial charge on any atom is 0.231 e. The first-order chi connectivity index (χ1) is 7.20. The number of hydrogen-bond acceptors (Lipinski definition) is 3. The monoisotopic (exact) mass is 271 g/mol. The second-order valence-electron chi connectivity index (χ2n) is 3.68. The summed E-state index contributed by atoms with van der Waals surface area (Å²) >= 11 is 3.46. The summed E-state index contributed by atoms with van der Waals surface area (Å²) in [6, 6.07) is 4.25. The molecule has 0 aromatic heterocycles. The Bertz CT molecular complexity index is 368. The molecule has 1 aromatic carbocycles. The van der Waals surface area contributed by atoms with E-state index in [0.717, 1.165) is 28.8 Å². The Kier molecular flexibility index (Phi) is 3.17. The molecule has 0 bridgehead atoms. The van der Waals surface area contributed by atoms with Crippen LogP contribution < -0.4 is 15.2 Å². The van der Waals surface area contributed by atoms with Gasteiger partial charge in [0, 0.05) is 6.04 Å². The fourth-order valence-electron chi connectivity index (χ4n) is 1.59. The van der Waals surface area contributed by atoms with E-state index in [1.807, 2.05) is 12.1 Å². The lowest BCUT2D eigenvalue weighted by atomic mass is 10.0. The van der Waals surface area contributed by atoms with Gasteiger partial charge in [0.2, 0.25) is 6.79 Å². The number of nitrogens with two attached hydrogens (primary N) is 1. The van der Waals surface area contributed by atoms with Crippen LogP contribution in [0.4, 0.5) is 0 Å². The number of benzene rings is 1. The molecule has 0 saturated heterocycles. The minimum absolute atomic E-state index is 0.206. The van der Waals surface area contributed by atoms with E-state index in [2.05, 4.69) is 22.9 Å². The van der Waals surface area contributed by atoms with Gasteiger partial charge in [-0.1, -0.05) is 6.92 Å². The van der Waals surface area contributed by atoms with Crippen LogP contribution in [0.2, 0.25) is 0 Å². The topological polar surface area (TPSA) is 44.5 Å². The molecule has 0 radical (unpaired) electrons. The Labute approximate surface area is 97.7 Å². The van der Waals surface area contributed by atoms with Gasteiger partial charge in [-0.3, -0.25) is 0 Å². The van der Waals surface area contributed by atoms with E-state index < -0.39 is 0 Å². The number of halogens is 1. The van der Waals surface area contributed by atoms with Gasteiger partial charge in [-0.25, -0.2) is 0 Å². The third-order valence-corrected chi connectivity index (χ3v) is 3.10. The smallest absolute Gasteiger partial charge is 0.231 e. The Morgan fingerprint density at radius 1 is 1.47 bits per heavy atom. The zero-order valence-electron chi connectivity index (χ0n) is 8.63. The fourth-order valence-corrected chi connectivity index (χ4v) is 2.19. The zero-order valence-corrected chi connectivity index (χ0v) is 10.2. The Morgan fingerprint density at radius 3 is 3.00 bits per heavy atom. The number of rotatable bonds is 3. The summed E-state index contributed by atoms with van der Waals surface area (Å²) in [7, 11) is 0. The van der Waals surface area contributed by atoms with E-state index in [1.54, 1.807) is 0 Å². The molecule has 0 amide bonds. The highest BCUT2D eigenvalue weighted by molar-refractivity contribution is 9.10. The molecule has 1 aliphatic heterocycles. The highest BCUT2D eigenvalue weighted by Gasteiger charge is 2.18. The highest BCUT2D eigenvalue weighted by Crippen LogP contribution is 2.40. The molecule has 0 saturated carbocycles. The standard InChI is InChI=1S/C11H14BrNO2/c1-2-8(13)3-7-4-9(12)11-10(5-7)14-6-15-11/h4-5,8H,2-3,6,13H2,1H3. The van der Waals surface area contributed by atoms with Gasteiger partial charge in [-0.15, -0.1) is 0 Å². The van der Waals surface area contributed by atoms with Crippen LogP contribution in [0.15, 0.2) is 16.6 Å². The van der Waals surface area contributed by atoms with E-state index in [0.29, 0.717) is 6.79 Å². The first-order valence-electron chi connectivity index (χ1n) is 5.04. The summed E-state index contributed by atoms with van der Waals surface area (Å²) in [6.07, 6.45) is 1.85. The predicted molar refractivity (Wildman–Crippen MR) is 62.2 cm³/mol. The molecule has 2 N–H and O–H groups in total. The van der Waals surface area contributed by atoms with Crippen molar-refractivity contribution in [2.45, 2.75) is 25.8 Å². The molecule has 15 heavy (non-hydrogen) atoms. The lowest BCUT2D eigenvalue weighted by Crippen LogP contribution is -2.21. The largest absolute Gasteiger partial charge is 0.454 e. The molecular weight excluding hydrogens is 258 g/mol. The summed E-state index contributed by atoms with van der Waals surface area (Å²) in [4.78, 5) is 0. The first kappa shape index (κ1) is 10.8. The zero-order chi connectivity index (χ0) is 10.8. The lowest BCUT2D eigenvalue weighted by Gasteiger charge is -2.10. The van der Waals surface area contributed by atoms with Gasteiger partial charge < -0.3 is 15.2 Å². The normalized spacial score (nSPS) is 15.4. The van der Waals surface area contributed by atoms with Crippen molar-refractivity contribution in [2.75, 3.05) is 6.79 Å². The van der Waals surface area contributed by atoms with E-state index in [4.69, 9.17) is 15.2 Å². The van der Waals surface area contributed by atoms with Crippen molar-refractivity contribution in [3.63, 3.8) is 0 Å². The van der Waals surface area contributed by atoms with Gasteiger partial charge >= 0.3 is 0 Å². The quantitative estimate of drug-likeness (QED) is 0.919. The molecule has 1 unspecified atom stereocenters. The van der Waals surface area contributed by atoms with Crippen molar-refractivity contribution in [3.8, 4) is 11.5 Å². The predicted octanol–water partition coefficient (Wildman–Crippen LogP) is 2.46. The van der Waals surface area contributed by atoms with Crippen molar-refractivity contribution in [1.82, 2.24) is 0 Å². The van der Waals surface area contributed by atoms with Crippen LogP contribution in [-0.2, 0) is 6.42 Å². The molecule has 3 nitrogen and oxygen atoms in total. The molecule has 1 aliphatic rings. The number of ether oxygens (including phenoxy) is 2. The summed E-state index contributed by atoms with van der Waals surface area (Å²) in [5.74, 6) is 1.60. The summed E-state index contributed by atoms with van der Waals surface area (Å²) in [6.45, 7) is 2.39. The molecule has 0 fully saturated rings. The van der Waals surface area contributed by atoms with E-state index in [-0.39, 0.29) is 6.04 Å². The average Bonchev–Trinajstić information content (AvgIpc) is 2.66. The second-order valence-corrected chi connectivity index (χ2v) is 4.54. The Hall–Kier alpha value is -0.740. The van der Waals surface area contributed by atoms with Crippen molar-refractivity contribution in [1.29, 1.82) is 0 Å². The first-order valence-corrected chi connectivity index (χ1v) is 5.83. The van der Waals surface area contributed by atoms with Gasteiger partial charge in [0.1, 0.15) is 0 Å². The molecule has 4 heteroatoms. The molecule has 1 aromatic rings.